The zero-order valence-electron chi connectivity index (χ0n) is 16.4. The van der Waals surface area contributed by atoms with Crippen molar-refractivity contribution in [2.24, 2.45) is 7.05 Å². The molecule has 0 fully saturated rings. The van der Waals surface area contributed by atoms with E-state index in [9.17, 15) is 9.59 Å². The second kappa shape index (κ2) is 7.79. The van der Waals surface area contributed by atoms with Crippen LogP contribution in [0.1, 0.15) is 23.9 Å². The number of aromatic nitrogens is 2. The van der Waals surface area contributed by atoms with Gasteiger partial charge < -0.3 is 8.98 Å². The predicted octanol–water partition coefficient (Wildman–Crippen LogP) is 2.81. The predicted molar refractivity (Wildman–Crippen MR) is 110 cm³/mol. The Balaban J connectivity index is 1.35. The lowest BCUT2D eigenvalue weighted by Gasteiger charge is -2.07. The lowest BCUT2D eigenvalue weighted by atomic mass is 10.1. The second-order valence-electron chi connectivity index (χ2n) is 6.97. The van der Waals surface area contributed by atoms with Gasteiger partial charge in [0.15, 0.2) is 0 Å². The van der Waals surface area contributed by atoms with Crippen molar-refractivity contribution in [2.45, 2.75) is 26.2 Å². The summed E-state index contributed by atoms with van der Waals surface area (Å²) in [5.74, 6) is -0.0162. The van der Waals surface area contributed by atoms with Gasteiger partial charge in [0.1, 0.15) is 11.4 Å². The summed E-state index contributed by atoms with van der Waals surface area (Å²) in [6.07, 6.45) is 2.69. The molecule has 7 heteroatoms. The van der Waals surface area contributed by atoms with Crippen LogP contribution in [0.2, 0.25) is 0 Å². The first-order valence-corrected chi connectivity index (χ1v) is 9.52. The zero-order chi connectivity index (χ0) is 20.4. The van der Waals surface area contributed by atoms with Crippen molar-refractivity contribution in [3.8, 4) is 0 Å². The molecule has 0 radical (unpaired) electrons. The Morgan fingerprint density at radius 2 is 1.83 bits per heavy atom. The second-order valence-corrected chi connectivity index (χ2v) is 6.97. The molecule has 7 nitrogen and oxygen atoms in total. The van der Waals surface area contributed by atoms with Gasteiger partial charge in [-0.1, -0.05) is 31.2 Å². The lowest BCUT2D eigenvalue weighted by Crippen LogP contribution is -2.43. The van der Waals surface area contributed by atoms with Crippen molar-refractivity contribution < 1.29 is 14.0 Å². The van der Waals surface area contributed by atoms with Crippen LogP contribution in [0.3, 0.4) is 0 Å². The molecule has 0 atom stereocenters. The summed E-state index contributed by atoms with van der Waals surface area (Å²) in [5, 5.41) is 0.906. The van der Waals surface area contributed by atoms with Crippen LogP contribution < -0.4 is 10.9 Å². The van der Waals surface area contributed by atoms with E-state index in [0.717, 1.165) is 34.0 Å². The van der Waals surface area contributed by atoms with E-state index in [4.69, 9.17) is 4.42 Å². The van der Waals surface area contributed by atoms with Crippen LogP contribution in [-0.4, -0.2) is 21.4 Å². The van der Waals surface area contributed by atoms with Crippen molar-refractivity contribution in [1.82, 2.24) is 20.4 Å². The Morgan fingerprint density at radius 3 is 2.59 bits per heavy atom. The van der Waals surface area contributed by atoms with Crippen molar-refractivity contribution in [3.05, 3.63) is 65.7 Å². The number of fused-ring (bicyclic) bond motifs is 2. The largest absolute Gasteiger partial charge is 0.464 e. The monoisotopic (exact) mass is 390 g/mol. The number of imidazole rings is 1. The summed E-state index contributed by atoms with van der Waals surface area (Å²) in [6, 6.07) is 13.7. The molecule has 0 aliphatic carbocycles. The Hall–Kier alpha value is -3.61. The summed E-state index contributed by atoms with van der Waals surface area (Å²) in [4.78, 5) is 29.0. The highest BCUT2D eigenvalue weighted by Gasteiger charge is 2.14. The Kier molecular flexibility index (Phi) is 5.03. The quantitative estimate of drug-likeness (QED) is 0.513. The number of hydrazine groups is 1. The lowest BCUT2D eigenvalue weighted by molar-refractivity contribution is -0.128. The molecule has 0 bridgehead atoms. The number of rotatable bonds is 5. The molecule has 0 aliphatic heterocycles. The Labute approximate surface area is 167 Å². The first-order valence-electron chi connectivity index (χ1n) is 9.52. The maximum Gasteiger partial charge on any atom is 0.245 e. The van der Waals surface area contributed by atoms with Gasteiger partial charge in [-0.05, 0) is 30.2 Å². The van der Waals surface area contributed by atoms with Crippen molar-refractivity contribution >= 4 is 33.8 Å². The molecule has 2 amide bonds. The average Bonchev–Trinajstić information content (AvgIpc) is 3.27. The molecule has 2 aromatic heterocycles. The summed E-state index contributed by atoms with van der Waals surface area (Å²) < 4.78 is 7.43. The smallest absolute Gasteiger partial charge is 0.245 e. The first kappa shape index (κ1) is 18.7. The molecule has 4 rings (SSSR count). The van der Waals surface area contributed by atoms with Crippen LogP contribution in [0.4, 0.5) is 0 Å². The number of aryl methyl sites for hydroxylation is 2. The number of carbonyl (C=O) groups excluding carboxylic acids is 2. The minimum Gasteiger partial charge on any atom is -0.464 e. The van der Waals surface area contributed by atoms with E-state index in [1.54, 1.807) is 6.26 Å². The van der Waals surface area contributed by atoms with Crippen molar-refractivity contribution in [3.63, 3.8) is 0 Å². The summed E-state index contributed by atoms with van der Waals surface area (Å²) >= 11 is 0. The van der Waals surface area contributed by atoms with Crippen molar-refractivity contribution in [1.29, 1.82) is 0 Å². The molecule has 2 aromatic carbocycles. The minimum atomic E-state index is -0.332. The fraction of sp³-hybridized carbons (Fsp3) is 0.227. The van der Waals surface area contributed by atoms with E-state index in [-0.39, 0.29) is 24.7 Å². The number of hydrogen-bond acceptors (Lipinski definition) is 4. The number of furan rings is 1. The van der Waals surface area contributed by atoms with Crippen LogP contribution in [-0.2, 0) is 35.9 Å². The van der Waals surface area contributed by atoms with E-state index in [1.807, 2.05) is 54.1 Å². The third-order valence-electron chi connectivity index (χ3n) is 5.02. The highest BCUT2D eigenvalue weighted by Crippen LogP contribution is 2.23. The molecule has 0 spiro atoms. The molecule has 4 aromatic rings. The van der Waals surface area contributed by atoms with E-state index in [2.05, 4.69) is 22.8 Å². The van der Waals surface area contributed by atoms with Gasteiger partial charge in [0.05, 0.1) is 30.1 Å². The fourth-order valence-electron chi connectivity index (χ4n) is 3.38. The highest BCUT2D eigenvalue weighted by molar-refractivity contribution is 5.89. The highest BCUT2D eigenvalue weighted by atomic mass is 16.3. The van der Waals surface area contributed by atoms with Crippen LogP contribution in [0.25, 0.3) is 22.0 Å². The van der Waals surface area contributed by atoms with Gasteiger partial charge in [-0.3, -0.25) is 20.4 Å². The molecule has 29 heavy (non-hydrogen) atoms. The first-order chi connectivity index (χ1) is 14.0. The number of amides is 2. The third-order valence-corrected chi connectivity index (χ3v) is 5.02. The zero-order valence-corrected chi connectivity index (χ0v) is 16.4. The number of nitrogens with zero attached hydrogens (tertiary/aromatic N) is 2. The number of hydrogen-bond donors (Lipinski definition) is 2. The topological polar surface area (TPSA) is 89.2 Å². The maximum atomic E-state index is 12.3. The fourth-order valence-corrected chi connectivity index (χ4v) is 3.38. The molecule has 0 unspecified atom stereocenters. The van der Waals surface area contributed by atoms with Crippen LogP contribution in [0.5, 0.6) is 0 Å². The minimum absolute atomic E-state index is 0.0693. The van der Waals surface area contributed by atoms with Gasteiger partial charge >= 0.3 is 0 Å². The summed E-state index contributed by atoms with van der Waals surface area (Å²) in [7, 11) is 1.87. The molecule has 148 valence electrons. The number of para-hydroxylation sites is 2. The van der Waals surface area contributed by atoms with E-state index < -0.39 is 0 Å². The summed E-state index contributed by atoms with van der Waals surface area (Å²) in [6.45, 7) is 2.08. The van der Waals surface area contributed by atoms with Gasteiger partial charge in [0.25, 0.3) is 0 Å². The van der Waals surface area contributed by atoms with Gasteiger partial charge in [-0.25, -0.2) is 4.98 Å². The Bertz CT molecular complexity index is 1210. The van der Waals surface area contributed by atoms with E-state index >= 15 is 0 Å². The molecule has 2 heterocycles. The molecule has 0 saturated heterocycles. The van der Waals surface area contributed by atoms with Crippen LogP contribution >= 0.6 is 0 Å². The van der Waals surface area contributed by atoms with Crippen LogP contribution in [0, 0.1) is 0 Å². The third kappa shape index (κ3) is 3.85. The molecule has 2 N–H and O–H groups in total. The number of nitrogens with one attached hydrogen (secondary N) is 2. The maximum absolute atomic E-state index is 12.3. The van der Waals surface area contributed by atoms with Gasteiger partial charge in [0, 0.05) is 18.0 Å². The van der Waals surface area contributed by atoms with E-state index in [1.165, 1.54) is 5.56 Å². The van der Waals surface area contributed by atoms with Gasteiger partial charge in [-0.15, -0.1) is 0 Å². The Morgan fingerprint density at radius 1 is 1.07 bits per heavy atom. The SMILES string of the molecule is CCc1ccc2c(CC(=O)NNC(=O)Cc3nc4ccccc4n3C)coc2c1. The summed E-state index contributed by atoms with van der Waals surface area (Å²) in [5.41, 5.74) is 9.43. The molecular weight excluding hydrogens is 368 g/mol. The van der Waals surface area contributed by atoms with Crippen LogP contribution in [0.15, 0.2) is 53.1 Å². The standard InChI is InChI=1S/C22H22N4O3/c1-3-14-8-9-16-15(13-29-19(16)10-14)11-21(27)24-25-22(28)12-20-23-17-6-4-5-7-18(17)26(20)2/h4-10,13H,3,11-12H2,1-2H3,(H,24,27)(H,25,28). The van der Waals surface area contributed by atoms with Crippen molar-refractivity contribution in [2.75, 3.05) is 0 Å². The molecule has 0 aliphatic rings. The van der Waals surface area contributed by atoms with Gasteiger partial charge in [0.2, 0.25) is 11.8 Å². The normalized spacial score (nSPS) is 11.1. The number of carbonyl (C=O) groups is 2. The van der Waals surface area contributed by atoms with Gasteiger partial charge in [-0.2, -0.15) is 0 Å². The molecular formula is C22H22N4O3. The average molecular weight is 390 g/mol. The number of benzene rings is 2. The molecule has 0 saturated carbocycles. The van der Waals surface area contributed by atoms with E-state index in [0.29, 0.717) is 5.82 Å².